The van der Waals surface area contributed by atoms with E-state index in [4.69, 9.17) is 16.9 Å². The van der Waals surface area contributed by atoms with E-state index in [2.05, 4.69) is 36.7 Å². The number of nitrogen functional groups attached to an aromatic ring is 1. The summed E-state index contributed by atoms with van der Waals surface area (Å²) in [6.07, 6.45) is 5.46. The number of hydrogen-bond donors (Lipinski definition) is 4. The molecule has 0 aliphatic heterocycles. The number of nitrogens with one attached hydrogen (secondary N) is 1. The van der Waals surface area contributed by atoms with Crippen LogP contribution in [0.15, 0.2) is 83.9 Å². The average Bonchev–Trinajstić information content (AvgIpc) is 2.88. The van der Waals surface area contributed by atoms with Crippen molar-refractivity contribution in [2.75, 3.05) is 5.73 Å². The maximum Gasteiger partial charge on any atom is 0.303 e. The normalized spacial score (nSPS) is 11.9. The summed E-state index contributed by atoms with van der Waals surface area (Å²) in [7, 11) is 0. The van der Waals surface area contributed by atoms with Crippen molar-refractivity contribution in [2.45, 2.75) is 27.2 Å². The van der Waals surface area contributed by atoms with Crippen LogP contribution in [-0.2, 0) is 0 Å². The minimum absolute atomic E-state index is 0. The molecule has 3 aromatic carbocycles. The molecule has 0 saturated heterocycles. The highest BCUT2D eigenvalue weighted by Crippen LogP contribution is 2.35. The number of allylic oxidation sites excluding steroid dienone is 1. The maximum atomic E-state index is 10.9. The van der Waals surface area contributed by atoms with Crippen molar-refractivity contribution in [2.24, 2.45) is 10.7 Å². The Hall–Kier alpha value is -3.90. The molecule has 1 amide bonds. The van der Waals surface area contributed by atoms with Crippen molar-refractivity contribution >= 4 is 52.8 Å². The van der Waals surface area contributed by atoms with E-state index in [0.717, 1.165) is 34.2 Å². The molecule has 0 atom stereocenters. The number of thiol groups is 1. The molecule has 0 bridgehead atoms. The summed E-state index contributed by atoms with van der Waals surface area (Å²) < 4.78 is 0. The van der Waals surface area contributed by atoms with Crippen LogP contribution >= 0.6 is 12.6 Å². The van der Waals surface area contributed by atoms with Crippen LogP contribution in [0.5, 0.6) is 0 Å². The van der Waals surface area contributed by atoms with Crippen LogP contribution in [0, 0.1) is 5.41 Å². The van der Waals surface area contributed by atoms with Crippen LogP contribution in [0.3, 0.4) is 0 Å². The van der Waals surface area contributed by atoms with Crippen LogP contribution in [0.25, 0.3) is 17.2 Å². The van der Waals surface area contributed by atoms with Crippen molar-refractivity contribution in [3.8, 4) is 0 Å². The van der Waals surface area contributed by atoms with Crippen molar-refractivity contribution in [1.29, 1.82) is 5.41 Å². The van der Waals surface area contributed by atoms with E-state index in [1.165, 1.54) is 11.8 Å². The van der Waals surface area contributed by atoms with E-state index >= 15 is 0 Å². The highest BCUT2D eigenvalue weighted by molar-refractivity contribution is 7.96. The number of nitrogens with two attached hydrogens (primary N) is 2. The Morgan fingerprint density at radius 2 is 1.63 bits per heavy atom. The van der Waals surface area contributed by atoms with Crippen molar-refractivity contribution < 1.29 is 7.65 Å². The first-order valence-electron chi connectivity index (χ1n) is 11.5. The second-order valence-electron chi connectivity index (χ2n) is 7.34. The van der Waals surface area contributed by atoms with E-state index < -0.39 is 5.24 Å². The minimum atomic E-state index is -0.636. The predicted molar refractivity (Wildman–Crippen MR) is 158 cm³/mol. The lowest BCUT2D eigenvalue weighted by Crippen LogP contribution is -2.08. The molecule has 0 spiro atoms. The molecule has 5 N–H and O–H groups in total. The number of amides is 1. The third-order valence-electron chi connectivity index (χ3n) is 5.18. The number of carbonyl (C=O) groups is 1. The van der Waals surface area contributed by atoms with Gasteiger partial charge < -0.3 is 16.9 Å². The zero-order valence-corrected chi connectivity index (χ0v) is 21.2. The Kier molecular flexibility index (Phi) is 10.7. The molecule has 0 heterocycles. The van der Waals surface area contributed by atoms with Gasteiger partial charge in [0.15, 0.2) is 0 Å². The first kappa shape index (κ1) is 27.3. The first-order valence-corrected chi connectivity index (χ1v) is 11.9. The van der Waals surface area contributed by atoms with Gasteiger partial charge in [0.25, 0.3) is 0 Å². The SMILES string of the molecule is CC.CC/C(=C(/c1ccc(/C=C/C(N)=N/C(=O)S)cc1)c1ccc(N)c(C=N)c1)c1ccccc1.[HH].[HH]. The zero-order chi connectivity index (χ0) is 25.8. The average molecular weight is 489 g/mol. The molecular formula is C29H36N4OS. The molecule has 3 aromatic rings. The number of amidine groups is 1. The van der Waals surface area contributed by atoms with Crippen LogP contribution in [0.4, 0.5) is 10.5 Å². The van der Waals surface area contributed by atoms with Crippen LogP contribution in [0.1, 0.15) is 57.9 Å². The number of benzene rings is 3. The fourth-order valence-corrected chi connectivity index (χ4v) is 3.74. The zero-order valence-electron chi connectivity index (χ0n) is 20.3. The van der Waals surface area contributed by atoms with Crippen molar-refractivity contribution in [1.82, 2.24) is 0 Å². The minimum Gasteiger partial charge on any atom is -0.398 e. The third-order valence-corrected chi connectivity index (χ3v) is 5.28. The number of carbonyl (C=O) groups excluding carboxylic acids is 1. The van der Waals surface area contributed by atoms with E-state index in [-0.39, 0.29) is 8.69 Å². The Morgan fingerprint density at radius 1 is 1.00 bits per heavy atom. The van der Waals surface area contributed by atoms with Crippen LogP contribution in [0.2, 0.25) is 0 Å². The van der Waals surface area contributed by atoms with Crippen LogP contribution in [-0.4, -0.2) is 17.3 Å². The number of nitrogens with zero attached hydrogens (tertiary/aromatic N) is 1. The van der Waals surface area contributed by atoms with E-state index in [9.17, 15) is 4.79 Å². The summed E-state index contributed by atoms with van der Waals surface area (Å²) >= 11 is 3.60. The molecule has 184 valence electrons. The van der Waals surface area contributed by atoms with E-state index in [1.807, 2.05) is 74.5 Å². The van der Waals surface area contributed by atoms with Crippen molar-refractivity contribution in [3.63, 3.8) is 0 Å². The smallest absolute Gasteiger partial charge is 0.303 e. The predicted octanol–water partition coefficient (Wildman–Crippen LogP) is 7.57. The van der Waals surface area contributed by atoms with Gasteiger partial charge in [-0.1, -0.05) is 100 Å². The van der Waals surface area contributed by atoms with Gasteiger partial charge in [-0.25, -0.2) is 0 Å². The van der Waals surface area contributed by atoms with Gasteiger partial charge in [0.2, 0.25) is 0 Å². The Bertz CT molecular complexity index is 1250. The molecular weight excluding hydrogens is 452 g/mol. The number of aliphatic imine (C=N–C) groups is 1. The van der Waals surface area contributed by atoms with Gasteiger partial charge in [-0.15, -0.1) is 0 Å². The monoisotopic (exact) mass is 488 g/mol. The highest BCUT2D eigenvalue weighted by Gasteiger charge is 2.14. The molecule has 3 rings (SSSR count). The molecule has 0 saturated carbocycles. The van der Waals surface area contributed by atoms with Gasteiger partial charge in [0.05, 0.1) is 0 Å². The third kappa shape index (κ3) is 7.55. The molecule has 0 aliphatic rings. The van der Waals surface area contributed by atoms with Gasteiger partial charge in [-0.2, -0.15) is 4.99 Å². The molecule has 0 fully saturated rings. The van der Waals surface area contributed by atoms with Gasteiger partial charge in [-0.3, -0.25) is 4.79 Å². The fourth-order valence-electron chi connectivity index (χ4n) is 3.63. The molecule has 0 aromatic heterocycles. The largest absolute Gasteiger partial charge is 0.398 e. The van der Waals surface area contributed by atoms with E-state index in [0.29, 0.717) is 11.3 Å². The van der Waals surface area contributed by atoms with Gasteiger partial charge in [0, 0.05) is 20.3 Å². The molecule has 0 unspecified atom stereocenters. The molecule has 0 aliphatic carbocycles. The summed E-state index contributed by atoms with van der Waals surface area (Å²) in [6, 6.07) is 24.1. The quantitative estimate of drug-likeness (QED) is 0.0905. The standard InChI is InChI=1S/C27H26N4OS.C2H6.2H2/c1-2-23(19-6-4-3-5-7-19)26(21-13-14-24(29)22(16-21)17-28)20-11-8-18(9-12-20)10-15-25(30)31-27(32)33;1-2;;/h3-17,28H,2,29H2,1H3,(H3,30,31,32,33);1-2H3;2*1H/b15-10+,26-23+,28-17?;;;. The summed E-state index contributed by atoms with van der Waals surface area (Å²) in [5.41, 5.74) is 19.4. The Labute approximate surface area is 216 Å². The lowest BCUT2D eigenvalue weighted by Gasteiger charge is -2.17. The Balaban J connectivity index is 0.00000316. The lowest BCUT2D eigenvalue weighted by atomic mass is 9.87. The second kappa shape index (κ2) is 13.7. The number of anilines is 1. The van der Waals surface area contributed by atoms with Gasteiger partial charge in [0.1, 0.15) is 5.84 Å². The topological polar surface area (TPSA) is 105 Å². The fraction of sp³-hybridized carbons (Fsp3) is 0.138. The van der Waals surface area contributed by atoms with Gasteiger partial charge in [-0.05, 0) is 58.0 Å². The van der Waals surface area contributed by atoms with Gasteiger partial charge >= 0.3 is 5.24 Å². The van der Waals surface area contributed by atoms with E-state index in [1.54, 1.807) is 12.2 Å². The Morgan fingerprint density at radius 3 is 2.20 bits per heavy atom. The molecule has 0 radical (unpaired) electrons. The number of rotatable bonds is 7. The summed E-state index contributed by atoms with van der Waals surface area (Å²) in [6.45, 7) is 6.14. The summed E-state index contributed by atoms with van der Waals surface area (Å²) in [4.78, 5) is 14.5. The lowest BCUT2D eigenvalue weighted by molar-refractivity contribution is 0.268. The summed E-state index contributed by atoms with van der Waals surface area (Å²) in [5.74, 6) is 0.0954. The number of hydrogen-bond acceptors (Lipinski definition) is 3. The summed E-state index contributed by atoms with van der Waals surface area (Å²) in [5, 5.41) is 7.08. The molecule has 5 nitrogen and oxygen atoms in total. The first-order chi connectivity index (χ1) is 16.9. The molecule has 35 heavy (non-hydrogen) atoms. The highest BCUT2D eigenvalue weighted by atomic mass is 32.1. The second-order valence-corrected chi connectivity index (χ2v) is 7.72. The maximum absolute atomic E-state index is 10.9. The molecule has 6 heteroatoms. The van der Waals surface area contributed by atoms with Crippen molar-refractivity contribution in [3.05, 3.63) is 107 Å². The van der Waals surface area contributed by atoms with Crippen LogP contribution < -0.4 is 11.5 Å².